The number of nitrogens with zero attached hydrogens (tertiary/aromatic N) is 1. The first kappa shape index (κ1) is 14.6. The lowest BCUT2D eigenvalue weighted by atomic mass is 9.96. The maximum absolute atomic E-state index is 12.0. The van der Waals surface area contributed by atoms with Crippen molar-refractivity contribution in [1.29, 1.82) is 0 Å². The summed E-state index contributed by atoms with van der Waals surface area (Å²) in [7, 11) is 0. The summed E-state index contributed by atoms with van der Waals surface area (Å²) in [5, 5.41) is 10.2. The molecule has 1 aliphatic heterocycles. The van der Waals surface area contributed by atoms with E-state index in [4.69, 9.17) is 16.3 Å². The molecule has 104 valence electrons. The zero-order chi connectivity index (χ0) is 14.2. The summed E-state index contributed by atoms with van der Waals surface area (Å²) in [5.41, 5.74) is -0.768. The van der Waals surface area contributed by atoms with Crippen molar-refractivity contribution in [2.75, 3.05) is 13.1 Å². The number of hydrogen-bond donors (Lipinski definition) is 1. The summed E-state index contributed by atoms with van der Waals surface area (Å²) >= 11 is 9.18. The molecule has 2 rings (SSSR count). The lowest BCUT2D eigenvalue weighted by Crippen LogP contribution is -2.63. The van der Waals surface area contributed by atoms with Gasteiger partial charge in [-0.3, -0.25) is 4.79 Å². The van der Waals surface area contributed by atoms with Crippen LogP contribution < -0.4 is 4.74 Å². The molecule has 4 nitrogen and oxygen atoms in total. The highest BCUT2D eigenvalue weighted by atomic mass is 79.9. The minimum Gasteiger partial charge on any atom is -0.480 e. The molecule has 1 N–H and O–H groups in total. The van der Waals surface area contributed by atoms with Crippen LogP contribution in [0.2, 0.25) is 5.02 Å². The van der Waals surface area contributed by atoms with E-state index in [0.29, 0.717) is 28.3 Å². The molecule has 0 radical (unpaired) electrons. The van der Waals surface area contributed by atoms with Crippen molar-refractivity contribution < 1.29 is 14.6 Å². The minimum absolute atomic E-state index is 0.131. The van der Waals surface area contributed by atoms with E-state index in [1.54, 1.807) is 36.9 Å². The van der Waals surface area contributed by atoms with Gasteiger partial charge in [0, 0.05) is 5.02 Å². The minimum atomic E-state index is -0.768. The molecule has 0 aromatic heterocycles. The van der Waals surface area contributed by atoms with Crippen LogP contribution in [0.5, 0.6) is 5.75 Å². The van der Waals surface area contributed by atoms with Crippen LogP contribution in [0.1, 0.15) is 13.8 Å². The maximum atomic E-state index is 12.0. The van der Waals surface area contributed by atoms with Crippen molar-refractivity contribution in [3.8, 4) is 5.75 Å². The first-order valence-corrected chi connectivity index (χ1v) is 7.08. The lowest BCUT2D eigenvalue weighted by molar-refractivity contribution is -0.158. The van der Waals surface area contributed by atoms with Gasteiger partial charge >= 0.3 is 0 Å². The van der Waals surface area contributed by atoms with Crippen LogP contribution in [0.4, 0.5) is 0 Å². The average molecular weight is 349 g/mol. The van der Waals surface area contributed by atoms with Gasteiger partial charge in [-0.15, -0.1) is 0 Å². The monoisotopic (exact) mass is 347 g/mol. The molecular weight excluding hydrogens is 334 g/mol. The van der Waals surface area contributed by atoms with E-state index >= 15 is 0 Å². The number of hydrogen-bond acceptors (Lipinski definition) is 3. The van der Waals surface area contributed by atoms with Crippen LogP contribution >= 0.6 is 27.5 Å². The Morgan fingerprint density at radius 1 is 1.58 bits per heavy atom. The zero-order valence-electron chi connectivity index (χ0n) is 10.7. The lowest BCUT2D eigenvalue weighted by Gasteiger charge is -2.44. The number of benzene rings is 1. The fourth-order valence-electron chi connectivity index (χ4n) is 2.00. The van der Waals surface area contributed by atoms with Crippen LogP contribution in [0.15, 0.2) is 22.7 Å². The van der Waals surface area contributed by atoms with E-state index in [-0.39, 0.29) is 5.91 Å². The molecule has 1 aromatic carbocycles. The van der Waals surface area contributed by atoms with Crippen LogP contribution in [0.25, 0.3) is 0 Å². The van der Waals surface area contributed by atoms with Gasteiger partial charge in [-0.05, 0) is 48.0 Å². The third-order valence-electron chi connectivity index (χ3n) is 2.92. The highest BCUT2D eigenvalue weighted by Gasteiger charge is 2.41. The Hall–Kier alpha value is -0.780. The van der Waals surface area contributed by atoms with Crippen LogP contribution in [-0.4, -0.2) is 40.7 Å². The predicted octanol–water partition coefficient (Wildman–Crippen LogP) is 2.46. The van der Waals surface area contributed by atoms with Gasteiger partial charge in [0.2, 0.25) is 0 Å². The van der Waals surface area contributed by atoms with Gasteiger partial charge in [-0.1, -0.05) is 11.6 Å². The molecule has 1 saturated heterocycles. The molecule has 1 unspecified atom stereocenters. The molecule has 0 bridgehead atoms. The Morgan fingerprint density at radius 2 is 2.21 bits per heavy atom. The number of amides is 1. The molecule has 1 atom stereocenters. The smallest absolute Gasteiger partial charge is 0.263 e. The third kappa shape index (κ3) is 3.41. The summed E-state index contributed by atoms with van der Waals surface area (Å²) in [4.78, 5) is 13.6. The molecule has 0 spiro atoms. The maximum Gasteiger partial charge on any atom is 0.263 e. The number of carbonyl (C=O) groups excluding carboxylic acids is 1. The summed E-state index contributed by atoms with van der Waals surface area (Å²) < 4.78 is 6.31. The number of halogens is 2. The standard InChI is InChI=1S/C13H15BrClNO3/c1-8(12(17)16-6-13(2,18)7-16)19-11-4-3-9(15)5-10(11)14/h3-5,8,18H,6-7H2,1-2H3. The zero-order valence-corrected chi connectivity index (χ0v) is 13.0. The molecule has 1 fully saturated rings. The first-order valence-electron chi connectivity index (χ1n) is 5.91. The number of aliphatic hydroxyl groups is 1. The van der Waals surface area contributed by atoms with Crippen molar-refractivity contribution in [2.45, 2.75) is 25.6 Å². The SMILES string of the molecule is CC(Oc1ccc(Cl)cc1Br)C(=O)N1CC(C)(O)C1. The average Bonchev–Trinajstić information content (AvgIpc) is 2.28. The molecule has 19 heavy (non-hydrogen) atoms. The van der Waals surface area contributed by atoms with Gasteiger partial charge in [0.05, 0.1) is 23.2 Å². The fraction of sp³-hybridized carbons (Fsp3) is 0.462. The van der Waals surface area contributed by atoms with Crippen molar-refractivity contribution in [3.05, 3.63) is 27.7 Å². The molecule has 1 aromatic rings. The van der Waals surface area contributed by atoms with Gasteiger partial charge in [0.1, 0.15) is 5.75 Å². The van der Waals surface area contributed by atoms with E-state index in [0.717, 1.165) is 0 Å². The molecule has 1 heterocycles. The highest BCUT2D eigenvalue weighted by Crippen LogP contribution is 2.29. The van der Waals surface area contributed by atoms with E-state index in [2.05, 4.69) is 15.9 Å². The van der Waals surface area contributed by atoms with Gasteiger partial charge in [-0.25, -0.2) is 0 Å². The quantitative estimate of drug-likeness (QED) is 0.913. The summed E-state index contributed by atoms with van der Waals surface area (Å²) in [6, 6.07) is 5.12. The van der Waals surface area contributed by atoms with Gasteiger partial charge < -0.3 is 14.7 Å². The number of carbonyl (C=O) groups is 1. The Kier molecular flexibility index (Phi) is 4.08. The summed E-state index contributed by atoms with van der Waals surface area (Å²) in [5.74, 6) is 0.436. The summed E-state index contributed by atoms with van der Waals surface area (Å²) in [6.07, 6.45) is -0.603. The molecular formula is C13H15BrClNO3. The second-order valence-corrected chi connectivity index (χ2v) is 6.32. The van der Waals surface area contributed by atoms with Gasteiger partial charge in [0.25, 0.3) is 5.91 Å². The molecule has 0 aliphatic carbocycles. The van der Waals surface area contributed by atoms with Crippen molar-refractivity contribution in [3.63, 3.8) is 0 Å². The normalized spacial score (nSPS) is 18.7. The van der Waals surface area contributed by atoms with Crippen LogP contribution in [-0.2, 0) is 4.79 Å². The Labute approximate surface area is 125 Å². The number of likely N-dealkylation sites (tertiary alicyclic amines) is 1. The topological polar surface area (TPSA) is 49.8 Å². The second-order valence-electron chi connectivity index (χ2n) is 5.03. The second kappa shape index (κ2) is 5.31. The Bertz CT molecular complexity index is 499. The number of β-amino-alcohol motifs (C(OH)–C–C–N with tert-alkyl or cyclic N) is 1. The van der Waals surface area contributed by atoms with E-state index in [9.17, 15) is 9.90 Å². The van der Waals surface area contributed by atoms with Crippen molar-refractivity contribution in [2.24, 2.45) is 0 Å². The Balaban J connectivity index is 1.97. The predicted molar refractivity (Wildman–Crippen MR) is 76.4 cm³/mol. The van der Waals surface area contributed by atoms with Crippen molar-refractivity contribution in [1.82, 2.24) is 4.90 Å². The fourth-order valence-corrected chi connectivity index (χ4v) is 2.78. The molecule has 0 saturated carbocycles. The summed E-state index contributed by atoms with van der Waals surface area (Å²) in [6.45, 7) is 4.09. The first-order chi connectivity index (χ1) is 8.78. The highest BCUT2D eigenvalue weighted by molar-refractivity contribution is 9.10. The van der Waals surface area contributed by atoms with E-state index in [1.165, 1.54) is 0 Å². The third-order valence-corrected chi connectivity index (χ3v) is 3.77. The van der Waals surface area contributed by atoms with E-state index < -0.39 is 11.7 Å². The molecule has 1 aliphatic rings. The Morgan fingerprint density at radius 3 is 2.74 bits per heavy atom. The number of ether oxygens (including phenoxy) is 1. The van der Waals surface area contributed by atoms with Crippen LogP contribution in [0, 0.1) is 0 Å². The number of rotatable bonds is 3. The molecule has 6 heteroatoms. The van der Waals surface area contributed by atoms with Gasteiger partial charge in [0.15, 0.2) is 6.10 Å². The van der Waals surface area contributed by atoms with Gasteiger partial charge in [-0.2, -0.15) is 0 Å². The molecule has 1 amide bonds. The van der Waals surface area contributed by atoms with E-state index in [1.807, 2.05) is 0 Å². The largest absolute Gasteiger partial charge is 0.480 e. The van der Waals surface area contributed by atoms with Crippen molar-refractivity contribution >= 4 is 33.4 Å². The van der Waals surface area contributed by atoms with Crippen LogP contribution in [0.3, 0.4) is 0 Å².